The molecule has 1 aromatic heterocycles. The largest absolute Gasteiger partial charge is 0.417 e. The predicted molar refractivity (Wildman–Crippen MR) is 108 cm³/mol. The SMILES string of the molecule is CCc1c([C@H]2[C@H](C(=O)Nc3ccnc(C(N)=O)c3)O[C@](C)(C(F)(F)F)[C@H]2C)ccc(F)c1F. The van der Waals surface area contributed by atoms with E-state index >= 15 is 0 Å². The van der Waals surface area contributed by atoms with Gasteiger partial charge in [-0.05, 0) is 42.7 Å². The van der Waals surface area contributed by atoms with Crippen molar-refractivity contribution in [2.75, 3.05) is 5.32 Å². The first kappa shape index (κ1) is 24.6. The van der Waals surface area contributed by atoms with Crippen LogP contribution < -0.4 is 11.1 Å². The summed E-state index contributed by atoms with van der Waals surface area (Å²) in [7, 11) is 0. The van der Waals surface area contributed by atoms with Crippen LogP contribution in [0.15, 0.2) is 30.5 Å². The molecule has 33 heavy (non-hydrogen) atoms. The minimum absolute atomic E-state index is 0.00839. The number of amides is 2. The third kappa shape index (κ3) is 4.29. The van der Waals surface area contributed by atoms with Crippen molar-refractivity contribution in [1.29, 1.82) is 0 Å². The van der Waals surface area contributed by atoms with Crippen molar-refractivity contribution in [3.63, 3.8) is 0 Å². The molecule has 1 aromatic carbocycles. The highest BCUT2D eigenvalue weighted by Crippen LogP contribution is 2.54. The van der Waals surface area contributed by atoms with Crippen LogP contribution in [0.4, 0.5) is 27.6 Å². The molecule has 0 saturated carbocycles. The number of ether oxygens (including phenoxy) is 1. The molecule has 0 bridgehead atoms. The van der Waals surface area contributed by atoms with Crippen molar-refractivity contribution in [2.24, 2.45) is 11.7 Å². The maximum Gasteiger partial charge on any atom is 0.417 e. The lowest BCUT2D eigenvalue weighted by molar-refractivity contribution is -0.272. The molecule has 1 aliphatic heterocycles. The van der Waals surface area contributed by atoms with E-state index < -0.39 is 53.2 Å². The van der Waals surface area contributed by atoms with E-state index in [1.54, 1.807) is 0 Å². The standard InChI is InChI=1S/C22H22F5N3O3/c1-4-12-13(5-6-14(23)17(12)24)16-10(2)21(3,22(25,26)27)33-18(16)20(32)30-11-7-8-29-15(9-11)19(28)31/h5-10,16,18H,4H2,1-3H3,(H2,28,31)(H,29,30,32)/t10-,16-,18+,21-/m0/s1. The smallest absolute Gasteiger partial charge is 0.364 e. The molecule has 178 valence electrons. The van der Waals surface area contributed by atoms with Gasteiger partial charge in [-0.3, -0.25) is 14.6 Å². The van der Waals surface area contributed by atoms with Gasteiger partial charge in [-0.1, -0.05) is 19.9 Å². The molecule has 3 N–H and O–H groups in total. The molecule has 6 nitrogen and oxygen atoms in total. The van der Waals surface area contributed by atoms with Crippen molar-refractivity contribution >= 4 is 17.5 Å². The summed E-state index contributed by atoms with van der Waals surface area (Å²) in [6.45, 7) is 3.60. The molecule has 0 aliphatic carbocycles. The number of nitrogens with two attached hydrogens (primary N) is 1. The Morgan fingerprint density at radius 3 is 2.48 bits per heavy atom. The second-order valence-corrected chi connectivity index (χ2v) is 8.02. The van der Waals surface area contributed by atoms with Gasteiger partial charge in [0.05, 0.1) is 0 Å². The molecule has 1 saturated heterocycles. The number of hydrogen-bond acceptors (Lipinski definition) is 4. The van der Waals surface area contributed by atoms with Crippen molar-refractivity contribution in [3.05, 3.63) is 58.9 Å². The third-order valence-corrected chi connectivity index (χ3v) is 6.15. The average Bonchev–Trinajstić information content (AvgIpc) is 3.02. The highest BCUT2D eigenvalue weighted by Gasteiger charge is 2.65. The number of carbonyl (C=O) groups excluding carboxylic acids is 2. The van der Waals surface area contributed by atoms with Gasteiger partial charge in [0, 0.05) is 23.7 Å². The highest BCUT2D eigenvalue weighted by molar-refractivity contribution is 5.97. The van der Waals surface area contributed by atoms with Crippen LogP contribution in [0, 0.1) is 17.6 Å². The Bertz CT molecular complexity index is 1090. The molecule has 0 spiro atoms. The van der Waals surface area contributed by atoms with E-state index in [1.807, 2.05) is 0 Å². The molecule has 2 heterocycles. The summed E-state index contributed by atoms with van der Waals surface area (Å²) in [4.78, 5) is 28.1. The molecule has 11 heteroatoms. The lowest BCUT2D eigenvalue weighted by Gasteiger charge is -2.32. The van der Waals surface area contributed by atoms with Crippen molar-refractivity contribution in [2.45, 2.75) is 51.0 Å². The number of halogens is 5. The average molecular weight is 471 g/mol. The van der Waals surface area contributed by atoms with E-state index in [9.17, 15) is 31.5 Å². The number of benzene rings is 1. The lowest BCUT2D eigenvalue weighted by Crippen LogP contribution is -2.47. The summed E-state index contributed by atoms with van der Waals surface area (Å²) in [5.74, 6) is -6.69. The summed E-state index contributed by atoms with van der Waals surface area (Å²) in [5, 5.41) is 2.41. The maximum atomic E-state index is 14.5. The number of primary amides is 1. The van der Waals surface area contributed by atoms with E-state index in [0.717, 1.165) is 19.1 Å². The highest BCUT2D eigenvalue weighted by atomic mass is 19.4. The summed E-state index contributed by atoms with van der Waals surface area (Å²) in [6.07, 6.45) is -5.35. The molecule has 0 unspecified atom stereocenters. The fourth-order valence-corrected chi connectivity index (χ4v) is 4.16. The fourth-order valence-electron chi connectivity index (χ4n) is 4.16. The van der Waals surface area contributed by atoms with Crippen LogP contribution in [0.2, 0.25) is 0 Å². The first-order valence-electron chi connectivity index (χ1n) is 10.1. The number of pyridine rings is 1. The Morgan fingerprint density at radius 1 is 1.24 bits per heavy atom. The molecular weight excluding hydrogens is 449 g/mol. The Balaban J connectivity index is 2.07. The molecule has 2 aromatic rings. The van der Waals surface area contributed by atoms with Crippen LogP contribution >= 0.6 is 0 Å². The zero-order valence-electron chi connectivity index (χ0n) is 18.0. The summed E-state index contributed by atoms with van der Waals surface area (Å²) < 4.78 is 75.5. The van der Waals surface area contributed by atoms with Crippen LogP contribution in [0.1, 0.15) is 48.3 Å². The van der Waals surface area contributed by atoms with E-state index in [4.69, 9.17) is 10.5 Å². The number of rotatable bonds is 5. The maximum absolute atomic E-state index is 14.5. The van der Waals surface area contributed by atoms with Crippen LogP contribution in [-0.2, 0) is 16.0 Å². The predicted octanol–water partition coefficient (Wildman–Crippen LogP) is 4.10. The normalized spacial score (nSPS) is 25.2. The number of carbonyl (C=O) groups is 2. The topological polar surface area (TPSA) is 94.3 Å². The molecule has 1 fully saturated rings. The van der Waals surface area contributed by atoms with E-state index in [1.165, 1.54) is 32.2 Å². The van der Waals surface area contributed by atoms with E-state index in [2.05, 4.69) is 10.3 Å². The molecule has 0 radical (unpaired) electrons. The van der Waals surface area contributed by atoms with Gasteiger partial charge in [0.25, 0.3) is 11.8 Å². The van der Waals surface area contributed by atoms with E-state index in [0.29, 0.717) is 0 Å². The molecule has 4 atom stereocenters. The quantitative estimate of drug-likeness (QED) is 0.642. The number of alkyl halides is 3. The number of aromatic nitrogens is 1. The van der Waals surface area contributed by atoms with Gasteiger partial charge >= 0.3 is 6.18 Å². The number of nitrogens with one attached hydrogen (secondary N) is 1. The van der Waals surface area contributed by atoms with Crippen LogP contribution in [0.3, 0.4) is 0 Å². The molecule has 1 aliphatic rings. The lowest BCUT2D eigenvalue weighted by atomic mass is 9.75. The summed E-state index contributed by atoms with van der Waals surface area (Å²) in [5.41, 5.74) is 2.26. The number of hydrogen-bond donors (Lipinski definition) is 2. The molecule has 2 amide bonds. The monoisotopic (exact) mass is 471 g/mol. The van der Waals surface area contributed by atoms with Gasteiger partial charge in [0.2, 0.25) is 0 Å². The van der Waals surface area contributed by atoms with Crippen molar-refractivity contribution in [1.82, 2.24) is 4.98 Å². The molecule has 3 rings (SSSR count). The van der Waals surface area contributed by atoms with Crippen molar-refractivity contribution < 1.29 is 36.3 Å². The summed E-state index contributed by atoms with van der Waals surface area (Å²) in [6, 6.07) is 4.47. The van der Waals surface area contributed by atoms with Gasteiger partial charge < -0.3 is 15.8 Å². The minimum Gasteiger partial charge on any atom is -0.364 e. The minimum atomic E-state index is -4.85. The van der Waals surface area contributed by atoms with Crippen LogP contribution in [0.5, 0.6) is 0 Å². The zero-order valence-corrected chi connectivity index (χ0v) is 18.0. The fraction of sp³-hybridized carbons (Fsp3) is 0.409. The van der Waals surface area contributed by atoms with Gasteiger partial charge in [-0.15, -0.1) is 0 Å². The van der Waals surface area contributed by atoms with Gasteiger partial charge in [0.15, 0.2) is 17.2 Å². The Labute approximate surface area is 186 Å². The molecular formula is C22H22F5N3O3. The first-order valence-corrected chi connectivity index (χ1v) is 10.1. The Hall–Kier alpha value is -3.08. The van der Waals surface area contributed by atoms with Gasteiger partial charge in [0.1, 0.15) is 11.8 Å². The van der Waals surface area contributed by atoms with Crippen LogP contribution in [-0.4, -0.2) is 34.7 Å². The van der Waals surface area contributed by atoms with Crippen LogP contribution in [0.25, 0.3) is 0 Å². The first-order chi connectivity index (χ1) is 15.3. The second-order valence-electron chi connectivity index (χ2n) is 8.02. The Morgan fingerprint density at radius 2 is 1.91 bits per heavy atom. The van der Waals surface area contributed by atoms with Gasteiger partial charge in [-0.2, -0.15) is 13.2 Å². The second kappa shape index (κ2) is 8.69. The Kier molecular flexibility index (Phi) is 6.47. The van der Waals surface area contributed by atoms with Crippen molar-refractivity contribution in [3.8, 4) is 0 Å². The number of anilines is 1. The zero-order chi connectivity index (χ0) is 24.7. The number of nitrogens with zero attached hydrogens (tertiary/aromatic N) is 1. The third-order valence-electron chi connectivity index (χ3n) is 6.15. The van der Waals surface area contributed by atoms with Gasteiger partial charge in [-0.25, -0.2) is 8.78 Å². The summed E-state index contributed by atoms with van der Waals surface area (Å²) >= 11 is 0. The van der Waals surface area contributed by atoms with E-state index in [-0.39, 0.29) is 28.9 Å².